The number of amides is 2. The normalized spacial score (nSPS) is 11.9. The van der Waals surface area contributed by atoms with Crippen LogP contribution in [0.15, 0.2) is 71.6 Å². The highest BCUT2D eigenvalue weighted by Gasteiger charge is 2.33. The van der Waals surface area contributed by atoms with Gasteiger partial charge in [0.25, 0.3) is 10.0 Å². The van der Waals surface area contributed by atoms with E-state index in [-0.39, 0.29) is 28.8 Å². The molecule has 0 saturated carbocycles. The average Bonchev–Trinajstić information content (AvgIpc) is 2.99. The zero-order valence-corrected chi connectivity index (χ0v) is 26.2. The number of anilines is 1. The van der Waals surface area contributed by atoms with Crippen LogP contribution in [0.25, 0.3) is 0 Å². The molecular formula is C31H38ClN3O6S. The summed E-state index contributed by atoms with van der Waals surface area (Å²) in [5.41, 5.74) is 2.03. The molecule has 0 aliphatic heterocycles. The lowest BCUT2D eigenvalue weighted by Gasteiger charge is -2.32. The molecule has 0 saturated heterocycles. The predicted molar refractivity (Wildman–Crippen MR) is 165 cm³/mol. The van der Waals surface area contributed by atoms with Crippen molar-refractivity contribution in [3.8, 4) is 11.5 Å². The highest BCUT2D eigenvalue weighted by atomic mass is 35.5. The number of hydrogen-bond acceptors (Lipinski definition) is 6. The molecule has 0 spiro atoms. The van der Waals surface area contributed by atoms with E-state index in [9.17, 15) is 18.0 Å². The molecule has 0 aliphatic rings. The van der Waals surface area contributed by atoms with Gasteiger partial charge in [0.1, 0.15) is 12.6 Å². The number of carbonyl (C=O) groups is 2. The van der Waals surface area contributed by atoms with Gasteiger partial charge in [-0.3, -0.25) is 13.9 Å². The van der Waals surface area contributed by atoms with Crippen molar-refractivity contribution < 1.29 is 27.5 Å². The molecule has 3 aromatic rings. The van der Waals surface area contributed by atoms with Crippen LogP contribution in [0.1, 0.15) is 37.8 Å². The monoisotopic (exact) mass is 615 g/mol. The third kappa shape index (κ3) is 7.95. The van der Waals surface area contributed by atoms with E-state index in [2.05, 4.69) is 5.32 Å². The lowest BCUT2D eigenvalue weighted by atomic mass is 10.1. The Morgan fingerprint density at radius 2 is 1.64 bits per heavy atom. The molecule has 11 heteroatoms. The van der Waals surface area contributed by atoms with Gasteiger partial charge < -0.3 is 19.7 Å². The molecule has 9 nitrogen and oxygen atoms in total. The maximum absolute atomic E-state index is 14.1. The Bertz CT molecular complexity index is 1480. The minimum atomic E-state index is -4.29. The molecular weight excluding hydrogens is 578 g/mol. The zero-order chi connectivity index (χ0) is 30.9. The van der Waals surface area contributed by atoms with Gasteiger partial charge in [-0.05, 0) is 67.8 Å². The maximum Gasteiger partial charge on any atom is 0.264 e. The Labute approximate surface area is 253 Å². The van der Waals surface area contributed by atoms with Gasteiger partial charge in [-0.15, -0.1) is 0 Å². The van der Waals surface area contributed by atoms with E-state index < -0.39 is 28.5 Å². The van der Waals surface area contributed by atoms with Gasteiger partial charge in [0, 0.05) is 24.2 Å². The van der Waals surface area contributed by atoms with Crippen LogP contribution < -0.4 is 19.1 Å². The Balaban J connectivity index is 2.05. The first-order chi connectivity index (χ1) is 20.0. The fraction of sp³-hybridized carbons (Fsp3) is 0.355. The third-order valence-electron chi connectivity index (χ3n) is 6.94. The Hall–Kier alpha value is -3.76. The number of methoxy groups -OCH3 is 2. The van der Waals surface area contributed by atoms with Crippen LogP contribution in [0.5, 0.6) is 11.5 Å². The Morgan fingerprint density at radius 3 is 2.26 bits per heavy atom. The molecule has 0 radical (unpaired) electrons. The van der Waals surface area contributed by atoms with Crippen molar-refractivity contribution in [1.82, 2.24) is 10.2 Å². The number of hydrogen-bond donors (Lipinski definition) is 1. The summed E-state index contributed by atoms with van der Waals surface area (Å²) in [6, 6.07) is 17.1. The van der Waals surface area contributed by atoms with Crippen LogP contribution in [0.2, 0.25) is 5.02 Å². The first-order valence-corrected chi connectivity index (χ1v) is 15.5. The topological polar surface area (TPSA) is 105 Å². The van der Waals surface area contributed by atoms with Crippen LogP contribution in [0, 0.1) is 6.92 Å². The van der Waals surface area contributed by atoms with Gasteiger partial charge in [-0.1, -0.05) is 49.2 Å². The maximum atomic E-state index is 14.1. The van der Waals surface area contributed by atoms with Gasteiger partial charge in [-0.2, -0.15) is 0 Å². The van der Waals surface area contributed by atoms with E-state index in [1.807, 2.05) is 38.1 Å². The average molecular weight is 616 g/mol. The predicted octanol–water partition coefficient (Wildman–Crippen LogP) is 5.19. The molecule has 0 fully saturated rings. The number of nitrogens with zero attached hydrogens (tertiary/aromatic N) is 2. The molecule has 0 aromatic heterocycles. The van der Waals surface area contributed by atoms with Crippen LogP contribution >= 0.6 is 11.6 Å². The zero-order valence-electron chi connectivity index (χ0n) is 24.6. The molecule has 3 rings (SSSR count). The first kappa shape index (κ1) is 32.8. The fourth-order valence-corrected chi connectivity index (χ4v) is 5.89. The largest absolute Gasteiger partial charge is 0.493 e. The number of carbonyl (C=O) groups excluding carboxylic acids is 2. The summed E-state index contributed by atoms with van der Waals surface area (Å²) < 4.78 is 39.8. The molecule has 1 N–H and O–H groups in total. The second-order valence-corrected chi connectivity index (χ2v) is 12.1. The van der Waals surface area contributed by atoms with Crippen LogP contribution in [0.4, 0.5) is 5.69 Å². The van der Waals surface area contributed by atoms with Crippen molar-refractivity contribution >= 4 is 39.1 Å². The summed E-state index contributed by atoms with van der Waals surface area (Å²) in [6.45, 7) is 5.64. The quantitative estimate of drug-likeness (QED) is 0.250. The number of ether oxygens (including phenoxy) is 2. The van der Waals surface area contributed by atoms with Gasteiger partial charge in [0.2, 0.25) is 11.8 Å². The molecule has 0 unspecified atom stereocenters. The van der Waals surface area contributed by atoms with Gasteiger partial charge in [0.05, 0.1) is 24.8 Å². The van der Waals surface area contributed by atoms with Crippen molar-refractivity contribution in [2.75, 3.05) is 31.6 Å². The van der Waals surface area contributed by atoms with Gasteiger partial charge >= 0.3 is 0 Å². The summed E-state index contributed by atoms with van der Waals surface area (Å²) in [5.74, 6) is -0.279. The van der Waals surface area contributed by atoms with Crippen molar-refractivity contribution in [3.05, 3.63) is 82.9 Å². The van der Waals surface area contributed by atoms with E-state index in [1.54, 1.807) is 19.1 Å². The standard InChI is InChI=1S/C31H38ClN3O6S/c1-6-7-18-33-31(37)23(3)34(20-24-11-9-8-10-22(24)2)30(36)21-35(26-14-12-25(32)13-15-26)42(38,39)27-16-17-28(40-4)29(19-27)41-5/h8-17,19,23H,6-7,18,20-21H2,1-5H3,(H,33,37)/t23-/m1/s1. The Morgan fingerprint density at radius 1 is 0.976 bits per heavy atom. The smallest absolute Gasteiger partial charge is 0.264 e. The first-order valence-electron chi connectivity index (χ1n) is 13.7. The highest BCUT2D eigenvalue weighted by Crippen LogP contribution is 2.32. The number of unbranched alkanes of at least 4 members (excludes halogenated alkanes) is 1. The van der Waals surface area contributed by atoms with E-state index in [0.717, 1.165) is 28.3 Å². The summed E-state index contributed by atoms with van der Waals surface area (Å²) >= 11 is 6.09. The number of halogens is 1. The van der Waals surface area contributed by atoms with Crippen LogP contribution in [-0.4, -0.2) is 58.5 Å². The van der Waals surface area contributed by atoms with E-state index in [0.29, 0.717) is 17.3 Å². The number of nitrogens with one attached hydrogen (secondary N) is 1. The van der Waals surface area contributed by atoms with Crippen molar-refractivity contribution in [2.24, 2.45) is 0 Å². The number of aryl methyl sites for hydroxylation is 1. The van der Waals surface area contributed by atoms with Gasteiger partial charge in [0.15, 0.2) is 11.5 Å². The summed E-state index contributed by atoms with van der Waals surface area (Å²) in [4.78, 5) is 28.5. The van der Waals surface area contributed by atoms with Crippen molar-refractivity contribution in [2.45, 2.75) is 51.1 Å². The van der Waals surface area contributed by atoms with Crippen molar-refractivity contribution in [1.29, 1.82) is 0 Å². The minimum absolute atomic E-state index is 0.0984. The van der Waals surface area contributed by atoms with Gasteiger partial charge in [-0.25, -0.2) is 8.42 Å². The number of rotatable bonds is 14. The summed E-state index contributed by atoms with van der Waals surface area (Å²) in [6.07, 6.45) is 1.71. The summed E-state index contributed by atoms with van der Waals surface area (Å²) in [7, 11) is -1.43. The molecule has 42 heavy (non-hydrogen) atoms. The second kappa shape index (κ2) is 14.9. The molecule has 226 valence electrons. The molecule has 2 amide bonds. The SMILES string of the molecule is CCCCNC(=O)[C@@H](C)N(Cc1ccccc1C)C(=O)CN(c1ccc(Cl)cc1)S(=O)(=O)c1ccc(OC)c(OC)c1. The lowest BCUT2D eigenvalue weighted by molar-refractivity contribution is -0.139. The van der Waals surface area contributed by atoms with Crippen molar-refractivity contribution in [3.63, 3.8) is 0 Å². The second-order valence-electron chi connectivity index (χ2n) is 9.77. The van der Waals surface area contributed by atoms with E-state index >= 15 is 0 Å². The molecule has 0 heterocycles. The third-order valence-corrected chi connectivity index (χ3v) is 8.96. The van der Waals surface area contributed by atoms with Crippen LogP contribution in [0.3, 0.4) is 0 Å². The molecule has 3 aromatic carbocycles. The lowest BCUT2D eigenvalue weighted by Crippen LogP contribution is -2.51. The van der Waals surface area contributed by atoms with E-state index in [4.69, 9.17) is 21.1 Å². The molecule has 0 bridgehead atoms. The number of sulfonamides is 1. The molecule has 1 atom stereocenters. The van der Waals surface area contributed by atoms with Crippen LogP contribution in [-0.2, 0) is 26.2 Å². The summed E-state index contributed by atoms with van der Waals surface area (Å²) in [5, 5.41) is 3.29. The Kier molecular flexibility index (Phi) is 11.6. The molecule has 0 aliphatic carbocycles. The highest BCUT2D eigenvalue weighted by molar-refractivity contribution is 7.92. The number of benzene rings is 3. The fourth-order valence-electron chi connectivity index (χ4n) is 4.33. The minimum Gasteiger partial charge on any atom is -0.493 e. The van der Waals surface area contributed by atoms with E-state index in [1.165, 1.54) is 49.5 Å².